The van der Waals surface area contributed by atoms with E-state index in [4.69, 9.17) is 11.2 Å². The number of hydrogen-bond donors (Lipinski definition) is 0. The second kappa shape index (κ2) is 5.08. The number of carbonyl (C=O) groups is 1. The van der Waals surface area contributed by atoms with Gasteiger partial charge in [-0.25, -0.2) is 0 Å². The Balaban J connectivity index is 2.67. The Kier molecular flexibility index (Phi) is 3.75. The van der Waals surface area contributed by atoms with Gasteiger partial charge in [0.15, 0.2) is 0 Å². The molecular formula is C12H12O2. The molecule has 0 aliphatic heterocycles. The van der Waals surface area contributed by atoms with Crippen LogP contribution in [-0.4, -0.2) is 12.9 Å². The molecule has 0 bridgehead atoms. The molecule has 0 aromatic heterocycles. The average Bonchev–Trinajstić information content (AvgIpc) is 2.18. The van der Waals surface area contributed by atoms with Crippen LogP contribution in [-0.2, 0) is 0 Å². The van der Waals surface area contributed by atoms with Gasteiger partial charge in [-0.1, -0.05) is 0 Å². The van der Waals surface area contributed by atoms with Crippen molar-refractivity contribution in [2.24, 2.45) is 0 Å². The van der Waals surface area contributed by atoms with E-state index in [-0.39, 0.29) is 0 Å². The molecule has 72 valence electrons. The third-order valence-corrected chi connectivity index (χ3v) is 1.88. The molecule has 0 amide bonds. The van der Waals surface area contributed by atoms with E-state index in [2.05, 4.69) is 5.92 Å². The normalized spacial score (nSPS) is 9.14. The zero-order chi connectivity index (χ0) is 10.4. The highest BCUT2D eigenvalue weighted by molar-refractivity contribution is 5.77. The number of aryl methyl sites for hydroxylation is 1. The highest BCUT2D eigenvalue weighted by Crippen LogP contribution is 2.15. The lowest BCUT2D eigenvalue weighted by molar-refractivity contribution is 0.112. The molecule has 0 fully saturated rings. The topological polar surface area (TPSA) is 26.3 Å². The van der Waals surface area contributed by atoms with Crippen LogP contribution in [0.4, 0.5) is 0 Å². The standard InChI is InChI=1S/C12H12O2/c1-3-4-7-14-12-6-5-11(9-13)10(2)8-12/h1,5-6,8-9H,4,7H2,2H3. The molecule has 0 radical (unpaired) electrons. The number of rotatable bonds is 4. The second-order valence-corrected chi connectivity index (χ2v) is 2.94. The molecular weight excluding hydrogens is 176 g/mol. The zero-order valence-corrected chi connectivity index (χ0v) is 8.12. The highest BCUT2D eigenvalue weighted by atomic mass is 16.5. The molecule has 0 aliphatic rings. The Morgan fingerprint density at radius 3 is 2.93 bits per heavy atom. The fourth-order valence-corrected chi connectivity index (χ4v) is 1.10. The molecule has 0 atom stereocenters. The van der Waals surface area contributed by atoms with Crippen LogP contribution in [0.15, 0.2) is 18.2 Å². The number of ether oxygens (including phenoxy) is 1. The first-order valence-electron chi connectivity index (χ1n) is 4.40. The van der Waals surface area contributed by atoms with Gasteiger partial charge in [0.25, 0.3) is 0 Å². The van der Waals surface area contributed by atoms with Gasteiger partial charge in [0.05, 0.1) is 6.61 Å². The van der Waals surface area contributed by atoms with Crippen molar-refractivity contribution in [3.05, 3.63) is 29.3 Å². The van der Waals surface area contributed by atoms with Crippen LogP contribution < -0.4 is 4.74 Å². The molecule has 0 saturated carbocycles. The predicted octanol–water partition coefficient (Wildman–Crippen LogP) is 2.21. The highest BCUT2D eigenvalue weighted by Gasteiger charge is 1.98. The van der Waals surface area contributed by atoms with E-state index in [0.29, 0.717) is 18.6 Å². The Labute approximate surface area is 83.9 Å². The molecule has 0 spiro atoms. The van der Waals surface area contributed by atoms with E-state index in [9.17, 15) is 4.79 Å². The van der Waals surface area contributed by atoms with Crippen LogP contribution in [0, 0.1) is 19.3 Å². The minimum absolute atomic E-state index is 0.510. The number of aldehydes is 1. The average molecular weight is 188 g/mol. The van der Waals surface area contributed by atoms with Gasteiger partial charge < -0.3 is 4.74 Å². The SMILES string of the molecule is C#CCCOc1ccc(C=O)c(C)c1. The van der Waals surface area contributed by atoms with Crippen LogP contribution >= 0.6 is 0 Å². The Morgan fingerprint density at radius 2 is 2.36 bits per heavy atom. The maximum atomic E-state index is 10.5. The summed E-state index contributed by atoms with van der Waals surface area (Å²) >= 11 is 0. The number of benzene rings is 1. The third kappa shape index (κ3) is 2.63. The number of terminal acetylenes is 1. The van der Waals surface area contributed by atoms with Gasteiger partial charge in [-0.3, -0.25) is 4.79 Å². The summed E-state index contributed by atoms with van der Waals surface area (Å²) in [5, 5.41) is 0. The van der Waals surface area contributed by atoms with Gasteiger partial charge in [0.1, 0.15) is 12.0 Å². The van der Waals surface area contributed by atoms with Gasteiger partial charge in [0.2, 0.25) is 0 Å². The molecule has 1 aromatic rings. The summed E-state index contributed by atoms with van der Waals surface area (Å²) in [7, 11) is 0. The summed E-state index contributed by atoms with van der Waals surface area (Å²) in [6, 6.07) is 5.35. The van der Waals surface area contributed by atoms with Crippen molar-refractivity contribution in [1.82, 2.24) is 0 Å². The minimum Gasteiger partial charge on any atom is -0.493 e. The smallest absolute Gasteiger partial charge is 0.150 e. The molecule has 14 heavy (non-hydrogen) atoms. The Hall–Kier alpha value is -1.75. The molecule has 0 heterocycles. The minimum atomic E-state index is 0.510. The largest absolute Gasteiger partial charge is 0.493 e. The zero-order valence-electron chi connectivity index (χ0n) is 8.12. The Bertz CT molecular complexity index is 361. The lowest BCUT2D eigenvalue weighted by atomic mass is 10.1. The molecule has 2 nitrogen and oxygen atoms in total. The van der Waals surface area contributed by atoms with E-state index in [0.717, 1.165) is 17.6 Å². The van der Waals surface area contributed by atoms with Crippen LogP contribution in [0.25, 0.3) is 0 Å². The second-order valence-electron chi connectivity index (χ2n) is 2.94. The van der Waals surface area contributed by atoms with Crippen molar-refractivity contribution in [3.63, 3.8) is 0 Å². The molecule has 2 heteroatoms. The lowest BCUT2D eigenvalue weighted by Crippen LogP contribution is -1.96. The fourth-order valence-electron chi connectivity index (χ4n) is 1.10. The predicted molar refractivity (Wildman–Crippen MR) is 55.5 cm³/mol. The molecule has 1 aromatic carbocycles. The van der Waals surface area contributed by atoms with Gasteiger partial charge in [-0.15, -0.1) is 12.3 Å². The lowest BCUT2D eigenvalue weighted by Gasteiger charge is -2.05. The molecule has 0 saturated heterocycles. The quantitative estimate of drug-likeness (QED) is 0.411. The van der Waals surface area contributed by atoms with E-state index in [1.807, 2.05) is 13.0 Å². The third-order valence-electron chi connectivity index (χ3n) is 1.88. The monoisotopic (exact) mass is 188 g/mol. The van der Waals surface area contributed by atoms with Crippen molar-refractivity contribution in [3.8, 4) is 18.1 Å². The van der Waals surface area contributed by atoms with Gasteiger partial charge >= 0.3 is 0 Å². The maximum absolute atomic E-state index is 10.5. The number of hydrogen-bond acceptors (Lipinski definition) is 2. The van der Waals surface area contributed by atoms with Crippen molar-refractivity contribution in [2.75, 3.05) is 6.61 Å². The van der Waals surface area contributed by atoms with Gasteiger partial charge in [-0.05, 0) is 30.7 Å². The van der Waals surface area contributed by atoms with Gasteiger partial charge in [0, 0.05) is 12.0 Å². The van der Waals surface area contributed by atoms with E-state index >= 15 is 0 Å². The summed E-state index contributed by atoms with van der Waals surface area (Å²) in [6.45, 7) is 2.38. The summed E-state index contributed by atoms with van der Waals surface area (Å²) in [6.07, 6.45) is 6.52. The summed E-state index contributed by atoms with van der Waals surface area (Å²) in [4.78, 5) is 10.5. The number of carbonyl (C=O) groups excluding carboxylic acids is 1. The summed E-state index contributed by atoms with van der Waals surface area (Å²) in [5.74, 6) is 3.25. The van der Waals surface area contributed by atoms with Crippen LogP contribution in [0.3, 0.4) is 0 Å². The summed E-state index contributed by atoms with van der Waals surface area (Å²) in [5.41, 5.74) is 1.60. The molecule has 0 N–H and O–H groups in total. The van der Waals surface area contributed by atoms with Crippen molar-refractivity contribution >= 4 is 6.29 Å². The van der Waals surface area contributed by atoms with Crippen molar-refractivity contribution < 1.29 is 9.53 Å². The van der Waals surface area contributed by atoms with Gasteiger partial charge in [-0.2, -0.15) is 0 Å². The first-order chi connectivity index (χ1) is 6.77. The summed E-state index contributed by atoms with van der Waals surface area (Å²) < 4.78 is 5.37. The van der Waals surface area contributed by atoms with Crippen LogP contribution in [0.2, 0.25) is 0 Å². The first-order valence-corrected chi connectivity index (χ1v) is 4.40. The van der Waals surface area contributed by atoms with Crippen LogP contribution in [0.5, 0.6) is 5.75 Å². The van der Waals surface area contributed by atoms with E-state index in [1.54, 1.807) is 12.1 Å². The van der Waals surface area contributed by atoms with E-state index in [1.165, 1.54) is 0 Å². The van der Waals surface area contributed by atoms with E-state index < -0.39 is 0 Å². The Morgan fingerprint density at radius 1 is 1.57 bits per heavy atom. The van der Waals surface area contributed by atoms with Crippen molar-refractivity contribution in [2.45, 2.75) is 13.3 Å². The first kappa shape index (κ1) is 10.3. The molecule has 0 aliphatic carbocycles. The maximum Gasteiger partial charge on any atom is 0.150 e. The fraction of sp³-hybridized carbons (Fsp3) is 0.250. The molecule has 1 rings (SSSR count). The van der Waals surface area contributed by atoms with Crippen molar-refractivity contribution in [1.29, 1.82) is 0 Å². The van der Waals surface area contributed by atoms with Crippen LogP contribution in [0.1, 0.15) is 22.3 Å². The molecule has 0 unspecified atom stereocenters.